The molecule has 3 unspecified atom stereocenters. The van der Waals surface area contributed by atoms with E-state index in [1.165, 1.54) is 38.5 Å². The second kappa shape index (κ2) is 6.69. The van der Waals surface area contributed by atoms with Crippen molar-refractivity contribution in [3.05, 3.63) is 21.9 Å². The Morgan fingerprint density at radius 2 is 2.39 bits per heavy atom. The molecule has 102 valence electrons. The Bertz CT molecular complexity index is 361. The first-order valence-electron chi connectivity index (χ1n) is 7.28. The minimum absolute atomic E-state index is 0.445. The third-order valence-corrected chi connectivity index (χ3v) is 5.23. The molecule has 0 fully saturated rings. The van der Waals surface area contributed by atoms with E-state index in [4.69, 9.17) is 5.84 Å². The first kappa shape index (κ1) is 14.0. The molecule has 0 saturated heterocycles. The quantitative estimate of drug-likeness (QED) is 0.606. The Morgan fingerprint density at radius 3 is 3.11 bits per heavy atom. The van der Waals surface area contributed by atoms with Crippen LogP contribution < -0.4 is 11.3 Å². The number of hydrogen-bond donors (Lipinski definition) is 2. The van der Waals surface area contributed by atoms with E-state index in [2.05, 4.69) is 30.7 Å². The molecule has 3 N–H and O–H groups in total. The van der Waals surface area contributed by atoms with Crippen LogP contribution in [0.5, 0.6) is 0 Å². The van der Waals surface area contributed by atoms with Gasteiger partial charge in [0, 0.05) is 16.8 Å². The van der Waals surface area contributed by atoms with Crippen LogP contribution in [0.1, 0.15) is 62.3 Å². The van der Waals surface area contributed by atoms with Gasteiger partial charge in [0.2, 0.25) is 0 Å². The van der Waals surface area contributed by atoms with Gasteiger partial charge in [0.1, 0.15) is 0 Å². The lowest BCUT2D eigenvalue weighted by molar-refractivity contribution is 0.324. The second-order valence-electron chi connectivity index (χ2n) is 5.70. The van der Waals surface area contributed by atoms with Gasteiger partial charge in [-0.1, -0.05) is 26.7 Å². The zero-order chi connectivity index (χ0) is 13.0. The van der Waals surface area contributed by atoms with Gasteiger partial charge in [0.15, 0.2) is 0 Å². The lowest BCUT2D eigenvalue weighted by Crippen LogP contribution is -2.41. The number of aryl methyl sites for hydroxylation is 1. The number of nitrogens with one attached hydrogen (secondary N) is 1. The average molecular weight is 266 g/mol. The van der Waals surface area contributed by atoms with Crippen LogP contribution in [0.25, 0.3) is 0 Å². The van der Waals surface area contributed by atoms with Crippen LogP contribution in [0.3, 0.4) is 0 Å². The van der Waals surface area contributed by atoms with E-state index in [-0.39, 0.29) is 0 Å². The molecule has 1 aliphatic rings. The molecule has 2 nitrogen and oxygen atoms in total. The number of nitrogens with two attached hydrogens (primary N) is 1. The van der Waals surface area contributed by atoms with Crippen molar-refractivity contribution < 1.29 is 0 Å². The van der Waals surface area contributed by atoms with Gasteiger partial charge in [-0.15, -0.1) is 11.3 Å². The highest BCUT2D eigenvalue weighted by Crippen LogP contribution is 2.38. The smallest absolute Gasteiger partial charge is 0.0282 e. The molecule has 1 heterocycles. The molecule has 0 spiro atoms. The maximum absolute atomic E-state index is 5.83. The van der Waals surface area contributed by atoms with E-state index in [1.54, 1.807) is 10.4 Å². The van der Waals surface area contributed by atoms with E-state index < -0.39 is 0 Å². The van der Waals surface area contributed by atoms with E-state index in [0.717, 1.165) is 5.92 Å². The normalized spacial score (nSPS) is 22.5. The van der Waals surface area contributed by atoms with Crippen LogP contribution in [0.2, 0.25) is 0 Å². The standard InChI is InChI=1S/C15H26N2S/c1-3-5-11(2)10-14(17-16)12-6-4-7-15-13(12)8-9-18-15/h8-9,11-12,14,17H,3-7,10,16H2,1-2H3. The fraction of sp³-hybridized carbons (Fsp3) is 0.733. The molecule has 0 amide bonds. The van der Waals surface area contributed by atoms with Crippen molar-refractivity contribution in [1.29, 1.82) is 0 Å². The van der Waals surface area contributed by atoms with Crippen molar-refractivity contribution in [2.45, 2.75) is 64.3 Å². The van der Waals surface area contributed by atoms with Crippen molar-refractivity contribution in [2.24, 2.45) is 11.8 Å². The third kappa shape index (κ3) is 3.14. The van der Waals surface area contributed by atoms with Gasteiger partial charge in [-0.25, -0.2) is 0 Å². The van der Waals surface area contributed by atoms with Gasteiger partial charge in [-0.3, -0.25) is 11.3 Å². The SMILES string of the molecule is CCCC(C)CC(NN)C1CCCc2sccc21. The topological polar surface area (TPSA) is 38.0 Å². The summed E-state index contributed by atoms with van der Waals surface area (Å²) >= 11 is 1.92. The minimum atomic E-state index is 0.445. The molecular formula is C15H26N2S. The Morgan fingerprint density at radius 1 is 1.56 bits per heavy atom. The molecule has 0 radical (unpaired) electrons. The number of rotatable bonds is 6. The molecular weight excluding hydrogens is 240 g/mol. The third-order valence-electron chi connectivity index (χ3n) is 4.24. The molecule has 2 rings (SSSR count). The molecule has 0 bridgehead atoms. The van der Waals surface area contributed by atoms with Crippen LogP contribution in [0, 0.1) is 5.92 Å². The summed E-state index contributed by atoms with van der Waals surface area (Å²) in [5, 5.41) is 2.24. The fourth-order valence-corrected chi connectivity index (χ4v) is 4.33. The molecule has 3 atom stereocenters. The van der Waals surface area contributed by atoms with Crippen molar-refractivity contribution in [1.82, 2.24) is 5.43 Å². The summed E-state index contributed by atoms with van der Waals surface area (Å²) in [6.45, 7) is 4.62. The fourth-order valence-electron chi connectivity index (χ4n) is 3.33. The van der Waals surface area contributed by atoms with Crippen molar-refractivity contribution in [2.75, 3.05) is 0 Å². The summed E-state index contributed by atoms with van der Waals surface area (Å²) in [4.78, 5) is 1.59. The summed E-state index contributed by atoms with van der Waals surface area (Å²) in [7, 11) is 0. The first-order chi connectivity index (χ1) is 8.76. The number of hydrogen-bond acceptors (Lipinski definition) is 3. The Hall–Kier alpha value is -0.380. The zero-order valence-corrected chi connectivity index (χ0v) is 12.4. The van der Waals surface area contributed by atoms with Crippen molar-refractivity contribution >= 4 is 11.3 Å². The number of fused-ring (bicyclic) bond motifs is 1. The molecule has 3 heteroatoms. The van der Waals surface area contributed by atoms with Crippen LogP contribution in [0.15, 0.2) is 11.4 Å². The maximum Gasteiger partial charge on any atom is 0.0282 e. The molecule has 18 heavy (non-hydrogen) atoms. The van der Waals surface area contributed by atoms with Crippen LogP contribution in [-0.2, 0) is 6.42 Å². The summed E-state index contributed by atoms with van der Waals surface area (Å²) in [6.07, 6.45) is 7.65. The monoisotopic (exact) mass is 266 g/mol. The maximum atomic E-state index is 5.83. The highest BCUT2D eigenvalue weighted by molar-refractivity contribution is 7.10. The summed E-state index contributed by atoms with van der Waals surface area (Å²) < 4.78 is 0. The van der Waals surface area contributed by atoms with Gasteiger partial charge in [-0.2, -0.15) is 0 Å². The van der Waals surface area contributed by atoms with E-state index in [0.29, 0.717) is 12.0 Å². The van der Waals surface area contributed by atoms with Crippen LogP contribution in [-0.4, -0.2) is 6.04 Å². The Labute approximate surface area is 115 Å². The average Bonchev–Trinajstić information content (AvgIpc) is 2.84. The van der Waals surface area contributed by atoms with Crippen molar-refractivity contribution in [3.8, 4) is 0 Å². The molecule has 1 aliphatic carbocycles. The van der Waals surface area contributed by atoms with Crippen LogP contribution in [0.4, 0.5) is 0 Å². The number of thiophene rings is 1. The predicted molar refractivity (Wildman–Crippen MR) is 79.8 cm³/mol. The zero-order valence-electron chi connectivity index (χ0n) is 11.6. The van der Waals surface area contributed by atoms with Gasteiger partial charge >= 0.3 is 0 Å². The molecule has 1 aromatic rings. The van der Waals surface area contributed by atoms with Crippen LogP contribution >= 0.6 is 11.3 Å². The van der Waals surface area contributed by atoms with E-state index >= 15 is 0 Å². The summed E-state index contributed by atoms with van der Waals surface area (Å²) in [6, 6.07) is 2.76. The largest absolute Gasteiger partial charge is 0.271 e. The highest BCUT2D eigenvalue weighted by Gasteiger charge is 2.28. The molecule has 0 saturated carbocycles. The van der Waals surface area contributed by atoms with E-state index in [1.807, 2.05) is 11.3 Å². The molecule has 0 aliphatic heterocycles. The lowest BCUT2D eigenvalue weighted by atomic mass is 9.79. The minimum Gasteiger partial charge on any atom is -0.271 e. The Balaban J connectivity index is 2.05. The number of hydrazine groups is 1. The van der Waals surface area contributed by atoms with E-state index in [9.17, 15) is 0 Å². The predicted octanol–water partition coefficient (Wildman–Crippen LogP) is 3.83. The second-order valence-corrected chi connectivity index (χ2v) is 6.70. The highest BCUT2D eigenvalue weighted by atomic mass is 32.1. The van der Waals surface area contributed by atoms with Gasteiger partial charge in [-0.05, 0) is 48.6 Å². The van der Waals surface area contributed by atoms with Gasteiger partial charge in [0.25, 0.3) is 0 Å². The van der Waals surface area contributed by atoms with Crippen molar-refractivity contribution in [3.63, 3.8) is 0 Å². The molecule has 1 aromatic heterocycles. The summed E-state index contributed by atoms with van der Waals surface area (Å²) in [5.74, 6) is 7.22. The summed E-state index contributed by atoms with van der Waals surface area (Å²) in [5.41, 5.74) is 4.66. The molecule has 0 aromatic carbocycles. The first-order valence-corrected chi connectivity index (χ1v) is 8.16. The van der Waals surface area contributed by atoms with Gasteiger partial charge < -0.3 is 0 Å². The lowest BCUT2D eigenvalue weighted by Gasteiger charge is -2.32. The van der Waals surface area contributed by atoms with Gasteiger partial charge in [0.05, 0.1) is 0 Å². The Kier molecular flexibility index (Phi) is 5.22.